The molecule has 0 amide bonds. The molecule has 63 valence electrons. The normalized spacial score (nSPS) is 15.5. The quantitative estimate of drug-likeness (QED) is 0.493. The summed E-state index contributed by atoms with van der Waals surface area (Å²) in [6.07, 6.45) is 3.98. The number of hydrogen-bond acceptors (Lipinski definition) is 1. The SMILES string of the molecule is C[C-]1CCCc2sccc21.[Rh]. The maximum atomic E-state index is 2.26. The van der Waals surface area contributed by atoms with Crippen molar-refractivity contribution in [3.05, 3.63) is 27.8 Å². The molecule has 11 heavy (non-hydrogen) atoms. The van der Waals surface area contributed by atoms with Crippen LogP contribution in [0.2, 0.25) is 0 Å². The van der Waals surface area contributed by atoms with Crippen molar-refractivity contribution < 1.29 is 19.5 Å². The molecule has 0 saturated carbocycles. The Bertz CT molecular complexity index is 229. The first-order valence-electron chi connectivity index (χ1n) is 3.77. The second-order valence-electron chi connectivity index (χ2n) is 2.89. The molecule has 2 heteroatoms. The Morgan fingerprint density at radius 1 is 1.55 bits per heavy atom. The molecule has 1 heterocycles. The number of fused-ring (bicyclic) bond motifs is 1. The van der Waals surface area contributed by atoms with Crippen molar-refractivity contribution in [2.24, 2.45) is 0 Å². The average Bonchev–Trinajstić information content (AvgIpc) is 2.36. The van der Waals surface area contributed by atoms with Gasteiger partial charge >= 0.3 is 0 Å². The Morgan fingerprint density at radius 3 is 3.09 bits per heavy atom. The van der Waals surface area contributed by atoms with Gasteiger partial charge in [0.1, 0.15) is 0 Å². The van der Waals surface area contributed by atoms with Crippen LogP contribution in [0.1, 0.15) is 30.2 Å². The third kappa shape index (κ3) is 1.68. The van der Waals surface area contributed by atoms with Crippen molar-refractivity contribution in [1.82, 2.24) is 0 Å². The van der Waals surface area contributed by atoms with E-state index in [-0.39, 0.29) is 19.5 Å². The molecular formula is C9H11RhS-. The summed E-state index contributed by atoms with van der Waals surface area (Å²) in [5.41, 5.74) is 1.54. The van der Waals surface area contributed by atoms with Gasteiger partial charge in [0.25, 0.3) is 0 Å². The Labute approximate surface area is 84.8 Å². The van der Waals surface area contributed by atoms with Crippen LogP contribution in [-0.2, 0) is 25.9 Å². The molecule has 0 N–H and O–H groups in total. The van der Waals surface area contributed by atoms with Gasteiger partial charge in [0.15, 0.2) is 0 Å². The smallest absolute Gasteiger partial charge is 0 e. The molecule has 0 unspecified atom stereocenters. The molecule has 0 spiro atoms. The second kappa shape index (κ2) is 3.73. The second-order valence-corrected chi connectivity index (χ2v) is 3.89. The largest absolute Gasteiger partial charge is 0.230 e. The van der Waals surface area contributed by atoms with Crippen LogP contribution >= 0.6 is 11.3 Å². The summed E-state index contributed by atoms with van der Waals surface area (Å²) in [5, 5.41) is 2.21. The van der Waals surface area contributed by atoms with Crippen molar-refractivity contribution in [3.8, 4) is 0 Å². The maximum absolute atomic E-state index is 2.26. The van der Waals surface area contributed by atoms with Crippen LogP contribution in [-0.4, -0.2) is 0 Å². The zero-order valence-corrected chi connectivity index (χ0v) is 8.97. The zero-order valence-electron chi connectivity index (χ0n) is 6.52. The van der Waals surface area contributed by atoms with E-state index in [0.717, 1.165) is 0 Å². The molecule has 2 rings (SSSR count). The Kier molecular flexibility index (Phi) is 3.15. The van der Waals surface area contributed by atoms with E-state index in [1.165, 1.54) is 24.8 Å². The topological polar surface area (TPSA) is 0 Å². The zero-order chi connectivity index (χ0) is 6.97. The van der Waals surface area contributed by atoms with Crippen molar-refractivity contribution in [2.45, 2.75) is 26.2 Å². The van der Waals surface area contributed by atoms with E-state index in [1.807, 2.05) is 11.3 Å². The number of hydrogen-bond donors (Lipinski definition) is 0. The van der Waals surface area contributed by atoms with Crippen molar-refractivity contribution in [2.75, 3.05) is 0 Å². The predicted octanol–water partition coefficient (Wildman–Crippen LogP) is 3.02. The first-order valence-corrected chi connectivity index (χ1v) is 4.65. The van der Waals surface area contributed by atoms with Crippen LogP contribution in [0, 0.1) is 5.92 Å². The summed E-state index contributed by atoms with van der Waals surface area (Å²) in [7, 11) is 0. The van der Waals surface area contributed by atoms with Gasteiger partial charge < -0.3 is 0 Å². The third-order valence-electron chi connectivity index (χ3n) is 2.16. The summed E-state index contributed by atoms with van der Waals surface area (Å²) < 4.78 is 0. The van der Waals surface area contributed by atoms with Gasteiger partial charge in [0.05, 0.1) is 0 Å². The molecule has 1 aromatic rings. The van der Waals surface area contributed by atoms with Crippen LogP contribution in [0.4, 0.5) is 0 Å². The Balaban J connectivity index is 0.000000605. The monoisotopic (exact) mass is 254 g/mol. The van der Waals surface area contributed by atoms with Crippen molar-refractivity contribution >= 4 is 11.3 Å². The van der Waals surface area contributed by atoms with Gasteiger partial charge in [-0.1, -0.05) is 36.4 Å². The van der Waals surface area contributed by atoms with Crippen LogP contribution in [0.25, 0.3) is 0 Å². The summed E-state index contributed by atoms with van der Waals surface area (Å²) in [4.78, 5) is 1.60. The van der Waals surface area contributed by atoms with Gasteiger partial charge in [-0.2, -0.15) is 17.5 Å². The van der Waals surface area contributed by atoms with E-state index in [2.05, 4.69) is 18.4 Å². The van der Waals surface area contributed by atoms with Gasteiger partial charge in [-0.25, -0.2) is 11.3 Å². The van der Waals surface area contributed by atoms with Gasteiger partial charge in [0.2, 0.25) is 0 Å². The minimum atomic E-state index is 0. The fraction of sp³-hybridized carbons (Fsp3) is 0.444. The average molecular weight is 254 g/mol. The van der Waals surface area contributed by atoms with Gasteiger partial charge in [-0.15, -0.1) is 0 Å². The molecule has 1 aliphatic rings. The molecule has 0 nitrogen and oxygen atoms in total. The summed E-state index contributed by atoms with van der Waals surface area (Å²) in [6, 6.07) is 2.26. The maximum Gasteiger partial charge on any atom is 0 e. The van der Waals surface area contributed by atoms with E-state index < -0.39 is 0 Å². The van der Waals surface area contributed by atoms with Gasteiger partial charge in [-0.05, 0) is 0 Å². The van der Waals surface area contributed by atoms with Crippen LogP contribution < -0.4 is 0 Å². The first kappa shape index (κ1) is 9.28. The van der Waals surface area contributed by atoms with E-state index in [9.17, 15) is 0 Å². The minimum absolute atomic E-state index is 0. The molecule has 0 fully saturated rings. The minimum Gasteiger partial charge on any atom is -0.230 e. The van der Waals surface area contributed by atoms with Crippen LogP contribution in [0.3, 0.4) is 0 Å². The summed E-state index contributed by atoms with van der Waals surface area (Å²) >= 11 is 1.91. The molecule has 0 aliphatic heterocycles. The molecule has 1 aliphatic carbocycles. The third-order valence-corrected chi connectivity index (χ3v) is 3.14. The summed E-state index contributed by atoms with van der Waals surface area (Å²) in [6.45, 7) is 2.25. The predicted molar refractivity (Wildman–Crippen MR) is 45.3 cm³/mol. The summed E-state index contributed by atoms with van der Waals surface area (Å²) in [5.74, 6) is 1.59. The van der Waals surface area contributed by atoms with E-state index in [1.54, 1.807) is 10.8 Å². The molecule has 0 bridgehead atoms. The van der Waals surface area contributed by atoms with Crippen LogP contribution in [0.15, 0.2) is 11.4 Å². The molecule has 0 saturated heterocycles. The van der Waals surface area contributed by atoms with E-state index in [0.29, 0.717) is 0 Å². The molecular weight excluding hydrogens is 243 g/mol. The molecule has 0 atom stereocenters. The fourth-order valence-electron chi connectivity index (χ4n) is 1.56. The van der Waals surface area contributed by atoms with E-state index >= 15 is 0 Å². The fourth-order valence-corrected chi connectivity index (χ4v) is 2.56. The standard InChI is InChI=1S/C9H11S.Rh/c1-7-3-2-4-9-8(7)5-6-10-9;/h5-6H,2-4H2,1H3;/q-1;. The molecule has 0 aromatic carbocycles. The molecule has 1 radical (unpaired) electrons. The van der Waals surface area contributed by atoms with Gasteiger partial charge in [0, 0.05) is 19.5 Å². The number of rotatable bonds is 0. The van der Waals surface area contributed by atoms with Gasteiger partial charge in [-0.3, -0.25) is 0 Å². The van der Waals surface area contributed by atoms with Crippen molar-refractivity contribution in [1.29, 1.82) is 0 Å². The Hall–Kier alpha value is 0.193. The number of thiophene rings is 1. The molecule has 1 aromatic heterocycles. The number of aryl methyl sites for hydroxylation is 1. The Morgan fingerprint density at radius 2 is 2.36 bits per heavy atom. The van der Waals surface area contributed by atoms with E-state index in [4.69, 9.17) is 0 Å². The first-order chi connectivity index (χ1) is 4.88. The van der Waals surface area contributed by atoms with Crippen LogP contribution in [0.5, 0.6) is 0 Å². The van der Waals surface area contributed by atoms with Crippen molar-refractivity contribution in [3.63, 3.8) is 0 Å².